The molecule has 1 unspecified atom stereocenters. The van der Waals surface area contributed by atoms with E-state index in [1.165, 1.54) is 11.0 Å². The summed E-state index contributed by atoms with van der Waals surface area (Å²) in [5.41, 5.74) is 0.987. The third-order valence-corrected chi connectivity index (χ3v) is 7.04. The number of hydrogen-bond donors (Lipinski definition) is 2. The summed E-state index contributed by atoms with van der Waals surface area (Å²) >= 11 is 6.02. The standard InChI is InChI=1S/C30H39ClN2O5/c1-4-7-16-32(17-8-5-2)18-9-19-33-27(22-12-15-24(34)25(20-22)38-6-3)26(29(36)30(33)37)28(35)21-10-13-23(31)14-11-21/h10-15,20,27,34-35H,4-9,16-19H2,1-3H3/b28-26+. The Hall–Kier alpha value is -3.03. The molecule has 1 amide bonds. The fourth-order valence-electron chi connectivity index (χ4n) is 4.76. The van der Waals surface area contributed by atoms with Crippen molar-refractivity contribution in [2.45, 2.75) is 58.9 Å². The molecule has 206 valence electrons. The molecule has 0 aromatic heterocycles. The Kier molecular flexibility index (Phi) is 11.0. The number of benzene rings is 2. The summed E-state index contributed by atoms with van der Waals surface area (Å²) in [5, 5.41) is 22.0. The summed E-state index contributed by atoms with van der Waals surface area (Å²) in [6.45, 7) is 9.67. The highest BCUT2D eigenvalue weighted by Crippen LogP contribution is 2.42. The van der Waals surface area contributed by atoms with Crippen LogP contribution in [0.4, 0.5) is 0 Å². The zero-order valence-corrected chi connectivity index (χ0v) is 23.3. The van der Waals surface area contributed by atoms with E-state index in [-0.39, 0.29) is 22.8 Å². The van der Waals surface area contributed by atoms with Crippen LogP contribution in [0.25, 0.3) is 5.76 Å². The molecular formula is C30H39ClN2O5. The first-order valence-corrected chi connectivity index (χ1v) is 13.9. The van der Waals surface area contributed by atoms with E-state index in [2.05, 4.69) is 18.7 Å². The minimum absolute atomic E-state index is 0.0132. The number of nitrogens with zero attached hydrogens (tertiary/aromatic N) is 2. The smallest absolute Gasteiger partial charge is 0.295 e. The second-order valence-electron chi connectivity index (χ2n) is 9.56. The number of ketones is 1. The van der Waals surface area contributed by atoms with Crippen LogP contribution in [-0.2, 0) is 9.59 Å². The third kappa shape index (κ3) is 7.08. The number of ether oxygens (including phenoxy) is 1. The predicted molar refractivity (Wildman–Crippen MR) is 151 cm³/mol. The molecule has 1 heterocycles. The average Bonchev–Trinajstić information content (AvgIpc) is 3.16. The van der Waals surface area contributed by atoms with E-state index in [0.29, 0.717) is 35.7 Å². The Balaban J connectivity index is 1.98. The number of phenolic OH excluding ortho intramolecular Hbond substituents is 1. The number of likely N-dealkylation sites (tertiary alicyclic amines) is 1. The topological polar surface area (TPSA) is 90.3 Å². The largest absolute Gasteiger partial charge is 0.507 e. The molecule has 0 aliphatic carbocycles. The molecular weight excluding hydrogens is 504 g/mol. The zero-order valence-electron chi connectivity index (χ0n) is 22.6. The van der Waals surface area contributed by atoms with E-state index in [4.69, 9.17) is 16.3 Å². The predicted octanol–water partition coefficient (Wildman–Crippen LogP) is 6.16. The number of carbonyl (C=O) groups excluding carboxylic acids is 2. The molecule has 0 radical (unpaired) electrons. The maximum atomic E-state index is 13.3. The molecule has 2 aromatic carbocycles. The number of rotatable bonds is 14. The Morgan fingerprint density at radius 1 is 0.974 bits per heavy atom. The molecule has 38 heavy (non-hydrogen) atoms. The first-order chi connectivity index (χ1) is 18.3. The fraction of sp³-hybridized carbons (Fsp3) is 0.467. The number of phenols is 1. The maximum absolute atomic E-state index is 13.3. The van der Waals surface area contributed by atoms with Crippen molar-refractivity contribution in [3.05, 3.63) is 64.2 Å². The van der Waals surface area contributed by atoms with Crippen molar-refractivity contribution in [2.24, 2.45) is 0 Å². The van der Waals surface area contributed by atoms with E-state index in [1.54, 1.807) is 36.4 Å². The van der Waals surface area contributed by atoms with Crippen LogP contribution in [0.3, 0.4) is 0 Å². The Labute approximate surface area is 230 Å². The summed E-state index contributed by atoms with van der Waals surface area (Å²) in [6.07, 6.45) is 5.15. The molecule has 1 fully saturated rings. The Bertz CT molecular complexity index is 1120. The minimum atomic E-state index is -0.815. The van der Waals surface area contributed by atoms with Crippen LogP contribution in [0.1, 0.15) is 70.0 Å². The van der Waals surface area contributed by atoms with Gasteiger partial charge in [0.05, 0.1) is 18.2 Å². The molecule has 1 aliphatic heterocycles. The number of unbranched alkanes of at least 4 members (excludes halogenated alkanes) is 2. The number of amides is 1. The SMILES string of the molecule is CCCCN(CCCC)CCCN1C(=O)C(=O)/C(=C(/O)c2ccc(Cl)cc2)C1c1ccc(O)c(OCC)c1. The molecule has 0 saturated carbocycles. The first-order valence-electron chi connectivity index (χ1n) is 13.5. The summed E-state index contributed by atoms with van der Waals surface area (Å²) in [5.74, 6) is -1.42. The van der Waals surface area contributed by atoms with E-state index >= 15 is 0 Å². The monoisotopic (exact) mass is 542 g/mol. The highest BCUT2D eigenvalue weighted by Gasteiger charge is 2.46. The van der Waals surface area contributed by atoms with Crippen molar-refractivity contribution in [1.82, 2.24) is 9.80 Å². The second-order valence-corrected chi connectivity index (χ2v) is 10.00. The lowest BCUT2D eigenvalue weighted by atomic mass is 9.95. The van der Waals surface area contributed by atoms with Crippen molar-refractivity contribution in [2.75, 3.05) is 32.8 Å². The Morgan fingerprint density at radius 2 is 1.61 bits per heavy atom. The van der Waals surface area contributed by atoms with E-state index < -0.39 is 17.7 Å². The second kappa shape index (κ2) is 14.2. The summed E-state index contributed by atoms with van der Waals surface area (Å²) in [7, 11) is 0. The first kappa shape index (κ1) is 29.5. The van der Waals surface area contributed by atoms with Crippen LogP contribution in [0.15, 0.2) is 48.0 Å². The van der Waals surface area contributed by atoms with Crippen molar-refractivity contribution in [3.63, 3.8) is 0 Å². The van der Waals surface area contributed by atoms with Gasteiger partial charge in [0.2, 0.25) is 0 Å². The minimum Gasteiger partial charge on any atom is -0.507 e. The summed E-state index contributed by atoms with van der Waals surface area (Å²) < 4.78 is 5.57. The highest BCUT2D eigenvalue weighted by molar-refractivity contribution is 6.46. The van der Waals surface area contributed by atoms with Crippen LogP contribution in [-0.4, -0.2) is 64.5 Å². The van der Waals surface area contributed by atoms with Crippen LogP contribution in [0, 0.1) is 0 Å². The van der Waals surface area contributed by atoms with Gasteiger partial charge >= 0.3 is 0 Å². The van der Waals surface area contributed by atoms with Gasteiger partial charge in [-0.1, -0.05) is 44.4 Å². The highest BCUT2D eigenvalue weighted by atomic mass is 35.5. The summed E-state index contributed by atoms with van der Waals surface area (Å²) in [6, 6.07) is 10.4. The van der Waals surface area contributed by atoms with Crippen molar-refractivity contribution < 1.29 is 24.5 Å². The molecule has 1 saturated heterocycles. The van der Waals surface area contributed by atoms with Crippen molar-refractivity contribution >= 4 is 29.1 Å². The average molecular weight is 543 g/mol. The van der Waals surface area contributed by atoms with Crippen LogP contribution < -0.4 is 4.74 Å². The molecule has 7 nitrogen and oxygen atoms in total. The van der Waals surface area contributed by atoms with Gasteiger partial charge in [-0.3, -0.25) is 9.59 Å². The molecule has 2 aromatic rings. The van der Waals surface area contributed by atoms with Crippen LogP contribution in [0.5, 0.6) is 11.5 Å². The quantitative estimate of drug-likeness (QED) is 0.169. The van der Waals surface area contributed by atoms with Crippen LogP contribution >= 0.6 is 11.6 Å². The normalized spacial score (nSPS) is 17.0. The molecule has 8 heteroatoms. The number of aliphatic hydroxyl groups is 1. The molecule has 0 bridgehead atoms. The lowest BCUT2D eigenvalue weighted by molar-refractivity contribution is -0.140. The number of aliphatic hydroxyl groups excluding tert-OH is 1. The van der Waals surface area contributed by atoms with Gasteiger partial charge in [-0.05, 0) is 87.8 Å². The van der Waals surface area contributed by atoms with E-state index in [0.717, 1.165) is 45.3 Å². The molecule has 1 atom stereocenters. The lowest BCUT2D eigenvalue weighted by Crippen LogP contribution is -2.34. The van der Waals surface area contributed by atoms with Crippen molar-refractivity contribution in [3.8, 4) is 11.5 Å². The third-order valence-electron chi connectivity index (χ3n) is 6.79. The number of hydrogen-bond acceptors (Lipinski definition) is 6. The summed E-state index contributed by atoms with van der Waals surface area (Å²) in [4.78, 5) is 30.6. The number of halogens is 1. The lowest BCUT2D eigenvalue weighted by Gasteiger charge is -2.28. The molecule has 3 rings (SSSR count). The zero-order chi connectivity index (χ0) is 27.7. The van der Waals surface area contributed by atoms with Gasteiger partial charge in [-0.25, -0.2) is 0 Å². The van der Waals surface area contributed by atoms with Crippen LogP contribution in [0.2, 0.25) is 5.02 Å². The van der Waals surface area contributed by atoms with Crippen molar-refractivity contribution in [1.29, 1.82) is 0 Å². The molecule has 1 aliphatic rings. The van der Waals surface area contributed by atoms with Gasteiger partial charge in [0.25, 0.3) is 11.7 Å². The van der Waals surface area contributed by atoms with Gasteiger partial charge in [0.15, 0.2) is 11.5 Å². The van der Waals surface area contributed by atoms with E-state index in [9.17, 15) is 19.8 Å². The fourth-order valence-corrected chi connectivity index (χ4v) is 4.88. The molecule has 0 spiro atoms. The van der Waals surface area contributed by atoms with Gasteiger partial charge in [0, 0.05) is 17.1 Å². The Morgan fingerprint density at radius 3 is 2.21 bits per heavy atom. The molecule has 2 N–H and O–H groups in total. The number of carbonyl (C=O) groups is 2. The van der Waals surface area contributed by atoms with Gasteiger partial charge in [-0.2, -0.15) is 0 Å². The number of aromatic hydroxyl groups is 1. The number of Topliss-reactive ketones (excluding diaryl/α,β-unsaturated/α-hetero) is 1. The maximum Gasteiger partial charge on any atom is 0.295 e. The van der Waals surface area contributed by atoms with Gasteiger partial charge in [0.1, 0.15) is 5.76 Å². The van der Waals surface area contributed by atoms with E-state index in [1.807, 2.05) is 6.92 Å². The van der Waals surface area contributed by atoms with Gasteiger partial charge < -0.3 is 24.7 Å². The van der Waals surface area contributed by atoms with Gasteiger partial charge in [-0.15, -0.1) is 0 Å².